The van der Waals surface area contributed by atoms with Crippen LogP contribution in [0.1, 0.15) is 5.56 Å². The number of fused-ring (bicyclic) bond motifs is 2. The lowest BCUT2D eigenvalue weighted by Gasteiger charge is -2.17. The van der Waals surface area contributed by atoms with Crippen molar-refractivity contribution in [3.63, 3.8) is 0 Å². The number of halogens is 2. The Morgan fingerprint density at radius 3 is 2.56 bits per heavy atom. The minimum absolute atomic E-state index is 0.710. The zero-order chi connectivity index (χ0) is 17.6. The molecule has 25 heavy (non-hydrogen) atoms. The summed E-state index contributed by atoms with van der Waals surface area (Å²) in [5, 5.41) is 3.08. The lowest BCUT2D eigenvalue weighted by Crippen LogP contribution is -2.13. The van der Waals surface area contributed by atoms with Gasteiger partial charge in [-0.2, -0.15) is 0 Å². The van der Waals surface area contributed by atoms with Crippen molar-refractivity contribution in [2.75, 3.05) is 4.90 Å². The van der Waals surface area contributed by atoms with Gasteiger partial charge in [-0.25, -0.2) is 0 Å². The normalized spacial score (nSPS) is 11.2. The molecule has 4 aromatic rings. The van der Waals surface area contributed by atoms with Gasteiger partial charge in [0.1, 0.15) is 6.26 Å². The standard InChI is InChI=1S/C20H13Br2NO2/c1-12-17(21)9-16-18(10-25-20(16)19(12)22)23(11-24)15-7-6-13-4-2-3-5-14(13)8-15/h2-11H,1H3. The number of hydrogen-bond acceptors (Lipinski definition) is 2. The van der Waals surface area contributed by atoms with E-state index in [1.165, 1.54) is 0 Å². The topological polar surface area (TPSA) is 33.5 Å². The molecule has 0 aliphatic heterocycles. The Balaban J connectivity index is 1.91. The number of carbonyl (C=O) groups is 1. The van der Waals surface area contributed by atoms with Gasteiger partial charge < -0.3 is 4.42 Å². The van der Waals surface area contributed by atoms with Crippen molar-refractivity contribution in [1.29, 1.82) is 0 Å². The monoisotopic (exact) mass is 457 g/mol. The van der Waals surface area contributed by atoms with Crippen LogP contribution in [-0.2, 0) is 4.79 Å². The maximum atomic E-state index is 11.9. The Labute approximate surface area is 161 Å². The fourth-order valence-electron chi connectivity index (χ4n) is 2.95. The van der Waals surface area contributed by atoms with Crippen LogP contribution in [0.15, 0.2) is 68.2 Å². The predicted molar refractivity (Wildman–Crippen MR) is 109 cm³/mol. The van der Waals surface area contributed by atoms with E-state index in [0.29, 0.717) is 5.69 Å². The summed E-state index contributed by atoms with van der Waals surface area (Å²) in [6.07, 6.45) is 2.43. The Morgan fingerprint density at radius 2 is 1.80 bits per heavy atom. The highest BCUT2D eigenvalue weighted by atomic mass is 79.9. The molecule has 0 spiro atoms. The number of benzene rings is 3. The maximum Gasteiger partial charge on any atom is 0.218 e. The number of furan rings is 1. The van der Waals surface area contributed by atoms with Crippen LogP contribution in [-0.4, -0.2) is 6.41 Å². The van der Waals surface area contributed by atoms with Gasteiger partial charge in [0.25, 0.3) is 0 Å². The van der Waals surface area contributed by atoms with E-state index >= 15 is 0 Å². The predicted octanol–water partition coefficient (Wildman–Crippen LogP) is 6.71. The van der Waals surface area contributed by atoms with E-state index in [1.807, 2.05) is 49.4 Å². The quantitative estimate of drug-likeness (QED) is 0.319. The molecule has 1 amide bonds. The molecule has 0 aliphatic rings. The number of hydrogen-bond donors (Lipinski definition) is 0. The molecule has 3 aromatic carbocycles. The zero-order valence-corrected chi connectivity index (χ0v) is 16.5. The number of rotatable bonds is 3. The summed E-state index contributed by atoms with van der Waals surface area (Å²) in [4.78, 5) is 13.5. The van der Waals surface area contributed by atoms with Crippen molar-refractivity contribution in [2.24, 2.45) is 0 Å². The van der Waals surface area contributed by atoms with Gasteiger partial charge in [0.15, 0.2) is 5.58 Å². The van der Waals surface area contributed by atoms with Gasteiger partial charge in [-0.15, -0.1) is 0 Å². The molecule has 0 N–H and O–H groups in total. The first kappa shape index (κ1) is 16.4. The number of carbonyl (C=O) groups excluding carboxylic acids is 1. The Morgan fingerprint density at radius 1 is 1.04 bits per heavy atom. The zero-order valence-electron chi connectivity index (χ0n) is 13.3. The van der Waals surface area contributed by atoms with E-state index in [-0.39, 0.29) is 0 Å². The van der Waals surface area contributed by atoms with Crippen molar-refractivity contribution in [3.8, 4) is 0 Å². The fourth-order valence-corrected chi connectivity index (χ4v) is 4.16. The van der Waals surface area contributed by atoms with Crippen molar-refractivity contribution in [3.05, 3.63) is 69.3 Å². The summed E-state index contributed by atoms with van der Waals surface area (Å²) < 4.78 is 7.58. The second-order valence-corrected chi connectivity index (χ2v) is 7.45. The molecular formula is C20H13Br2NO2. The highest BCUT2D eigenvalue weighted by Crippen LogP contribution is 2.40. The van der Waals surface area contributed by atoms with Gasteiger partial charge in [-0.05, 0) is 57.4 Å². The molecule has 0 bridgehead atoms. The van der Waals surface area contributed by atoms with Crippen molar-refractivity contribution < 1.29 is 9.21 Å². The molecule has 0 saturated heterocycles. The lowest BCUT2D eigenvalue weighted by atomic mass is 10.1. The molecule has 124 valence electrons. The van der Waals surface area contributed by atoms with Gasteiger partial charge >= 0.3 is 0 Å². The number of nitrogens with zero attached hydrogens (tertiary/aromatic N) is 1. The first-order chi connectivity index (χ1) is 12.1. The molecule has 5 heteroatoms. The van der Waals surface area contributed by atoms with Crippen LogP contribution < -0.4 is 4.90 Å². The van der Waals surface area contributed by atoms with Gasteiger partial charge in [0.2, 0.25) is 6.41 Å². The Bertz CT molecular complexity index is 1120. The van der Waals surface area contributed by atoms with Crippen molar-refractivity contribution >= 4 is 71.4 Å². The van der Waals surface area contributed by atoms with Gasteiger partial charge in [0.05, 0.1) is 10.2 Å². The smallest absolute Gasteiger partial charge is 0.218 e. The summed E-state index contributed by atoms with van der Waals surface area (Å²) in [7, 11) is 0. The minimum Gasteiger partial charge on any atom is -0.461 e. The van der Waals surface area contributed by atoms with Crippen LogP contribution >= 0.6 is 31.9 Å². The van der Waals surface area contributed by atoms with E-state index < -0.39 is 0 Å². The minimum atomic E-state index is 0.710. The van der Waals surface area contributed by atoms with Crippen LogP contribution in [0.2, 0.25) is 0 Å². The average Bonchev–Trinajstić information content (AvgIpc) is 3.04. The molecule has 0 aliphatic carbocycles. The molecular weight excluding hydrogens is 446 g/mol. The molecule has 1 aromatic heterocycles. The first-order valence-corrected chi connectivity index (χ1v) is 9.28. The van der Waals surface area contributed by atoms with E-state index in [9.17, 15) is 4.79 Å². The van der Waals surface area contributed by atoms with Crippen LogP contribution in [0, 0.1) is 6.92 Å². The third-order valence-electron chi connectivity index (χ3n) is 4.34. The molecule has 0 fully saturated rings. The summed E-state index contributed by atoms with van der Waals surface area (Å²) in [5.41, 5.74) is 3.28. The summed E-state index contributed by atoms with van der Waals surface area (Å²) in [5.74, 6) is 0. The van der Waals surface area contributed by atoms with Gasteiger partial charge in [0, 0.05) is 15.5 Å². The third-order valence-corrected chi connectivity index (χ3v) is 6.12. The molecule has 0 radical (unpaired) electrons. The van der Waals surface area contributed by atoms with Crippen LogP contribution in [0.4, 0.5) is 11.4 Å². The van der Waals surface area contributed by atoms with Crippen LogP contribution in [0.25, 0.3) is 21.7 Å². The second kappa shape index (κ2) is 6.32. The average molecular weight is 459 g/mol. The first-order valence-electron chi connectivity index (χ1n) is 7.69. The van der Waals surface area contributed by atoms with Crippen molar-refractivity contribution in [2.45, 2.75) is 6.92 Å². The SMILES string of the molecule is Cc1c(Br)cc2c(N(C=O)c3ccc4ccccc4c3)coc2c1Br. The van der Waals surface area contributed by atoms with Crippen molar-refractivity contribution in [1.82, 2.24) is 0 Å². The van der Waals surface area contributed by atoms with E-state index in [2.05, 4.69) is 37.9 Å². The fraction of sp³-hybridized carbons (Fsp3) is 0.0500. The highest BCUT2D eigenvalue weighted by molar-refractivity contribution is 9.11. The summed E-state index contributed by atoms with van der Waals surface area (Å²) in [6.45, 7) is 2.00. The molecule has 0 atom stereocenters. The number of anilines is 2. The molecule has 4 rings (SSSR count). The maximum absolute atomic E-state index is 11.9. The van der Waals surface area contributed by atoms with E-state index in [0.717, 1.165) is 48.3 Å². The van der Waals surface area contributed by atoms with Crippen LogP contribution in [0.5, 0.6) is 0 Å². The Hall–Kier alpha value is -2.11. The largest absolute Gasteiger partial charge is 0.461 e. The van der Waals surface area contributed by atoms with Crippen LogP contribution in [0.3, 0.4) is 0 Å². The summed E-state index contributed by atoms with van der Waals surface area (Å²) in [6, 6.07) is 16.0. The molecule has 0 saturated carbocycles. The molecule has 0 unspecified atom stereocenters. The van der Waals surface area contributed by atoms with Gasteiger partial charge in [-0.3, -0.25) is 9.69 Å². The van der Waals surface area contributed by atoms with E-state index in [4.69, 9.17) is 4.42 Å². The third kappa shape index (κ3) is 2.68. The summed E-state index contributed by atoms with van der Waals surface area (Å²) >= 11 is 7.14. The lowest BCUT2D eigenvalue weighted by molar-refractivity contribution is -0.106. The van der Waals surface area contributed by atoms with Gasteiger partial charge in [-0.1, -0.05) is 46.3 Å². The number of amides is 1. The second-order valence-electron chi connectivity index (χ2n) is 5.80. The molecule has 1 heterocycles. The Kier molecular flexibility index (Phi) is 4.13. The highest BCUT2D eigenvalue weighted by Gasteiger charge is 2.19. The van der Waals surface area contributed by atoms with E-state index in [1.54, 1.807) is 11.2 Å². The molecule has 3 nitrogen and oxygen atoms in total.